The summed E-state index contributed by atoms with van der Waals surface area (Å²) in [6.45, 7) is 2.13. The van der Waals surface area contributed by atoms with E-state index in [-0.39, 0.29) is 23.9 Å². The van der Waals surface area contributed by atoms with Gasteiger partial charge in [0.1, 0.15) is 17.3 Å². The summed E-state index contributed by atoms with van der Waals surface area (Å²) in [6, 6.07) is 10.3. The largest absolute Gasteiger partial charge is 0.356 e. The number of carbonyl (C=O) groups excluding carboxylic acids is 2. The molecular formula is C19H17NO3. The van der Waals surface area contributed by atoms with Gasteiger partial charge in [-0.05, 0) is 35.2 Å². The van der Waals surface area contributed by atoms with E-state index in [9.17, 15) is 9.59 Å². The fourth-order valence-corrected chi connectivity index (χ4v) is 3.46. The number of ketones is 2. The van der Waals surface area contributed by atoms with Gasteiger partial charge in [0.25, 0.3) is 0 Å². The first kappa shape index (κ1) is 14.1. The van der Waals surface area contributed by atoms with E-state index in [2.05, 4.69) is 30.3 Å². The molecule has 1 heterocycles. The van der Waals surface area contributed by atoms with Gasteiger partial charge in [0.2, 0.25) is 0 Å². The number of hydrogen-bond acceptors (Lipinski definition) is 4. The van der Waals surface area contributed by atoms with Gasteiger partial charge in [0.05, 0.1) is 17.7 Å². The van der Waals surface area contributed by atoms with E-state index >= 15 is 0 Å². The van der Waals surface area contributed by atoms with Gasteiger partial charge in [-0.25, -0.2) is 0 Å². The Hall–Kier alpha value is -2.49. The summed E-state index contributed by atoms with van der Waals surface area (Å²) in [5.74, 6) is -0.347. The van der Waals surface area contributed by atoms with Crippen LogP contribution in [0.2, 0.25) is 0 Å². The molecule has 4 heteroatoms. The first-order valence-corrected chi connectivity index (χ1v) is 8.02. The zero-order chi connectivity index (χ0) is 16.0. The lowest BCUT2D eigenvalue weighted by Gasteiger charge is -2.18. The van der Waals surface area contributed by atoms with Crippen LogP contribution in [-0.2, 0) is 16.0 Å². The molecule has 2 aromatic carbocycles. The van der Waals surface area contributed by atoms with Crippen molar-refractivity contribution in [1.82, 2.24) is 5.16 Å². The number of rotatable bonds is 2. The van der Waals surface area contributed by atoms with Gasteiger partial charge >= 0.3 is 0 Å². The van der Waals surface area contributed by atoms with Gasteiger partial charge in [-0.1, -0.05) is 36.3 Å². The quantitative estimate of drug-likeness (QED) is 0.673. The topological polar surface area (TPSA) is 60.2 Å². The second-order valence-electron chi connectivity index (χ2n) is 6.19. The lowest BCUT2D eigenvalue weighted by Crippen LogP contribution is -2.23. The molecular weight excluding hydrogens is 290 g/mol. The second-order valence-corrected chi connectivity index (χ2v) is 6.19. The highest BCUT2D eigenvalue weighted by Crippen LogP contribution is 2.36. The van der Waals surface area contributed by atoms with Gasteiger partial charge in [-0.2, -0.15) is 0 Å². The molecule has 23 heavy (non-hydrogen) atoms. The number of fused-ring (bicyclic) bond motifs is 3. The molecule has 0 spiro atoms. The zero-order valence-electron chi connectivity index (χ0n) is 13.0. The van der Waals surface area contributed by atoms with Crippen LogP contribution < -0.4 is 0 Å². The molecule has 1 aliphatic carbocycles. The maximum absolute atomic E-state index is 12.3. The SMILES string of the molecule is CCc1ccc2c(ccc3onc([C@H]4CCC(=O)CC4=O)c32)c1. The Balaban J connectivity index is 1.92. The first-order chi connectivity index (χ1) is 11.2. The third-order valence-corrected chi connectivity index (χ3v) is 4.75. The third-order valence-electron chi connectivity index (χ3n) is 4.75. The van der Waals surface area contributed by atoms with Gasteiger partial charge < -0.3 is 4.52 Å². The Morgan fingerprint density at radius 1 is 1.22 bits per heavy atom. The van der Waals surface area contributed by atoms with Crippen LogP contribution in [0.25, 0.3) is 21.7 Å². The molecule has 1 aromatic heterocycles. The molecule has 4 nitrogen and oxygen atoms in total. The van der Waals surface area contributed by atoms with E-state index in [1.54, 1.807) is 0 Å². The van der Waals surface area contributed by atoms with Gasteiger partial charge in [0.15, 0.2) is 5.58 Å². The monoisotopic (exact) mass is 307 g/mol. The van der Waals surface area contributed by atoms with Crippen molar-refractivity contribution in [2.75, 3.05) is 0 Å². The molecule has 0 unspecified atom stereocenters. The second kappa shape index (κ2) is 5.30. The molecule has 0 bridgehead atoms. The van der Waals surface area contributed by atoms with Crippen LogP contribution in [0.5, 0.6) is 0 Å². The van der Waals surface area contributed by atoms with Crippen molar-refractivity contribution < 1.29 is 14.1 Å². The standard InChI is InChI=1S/C19H17NO3/c1-2-11-3-6-14-12(9-11)4-8-17-18(14)19(20-23-17)15-7-5-13(21)10-16(15)22/h3-4,6,8-9,15H,2,5,7,10H2,1H3/t15-/m0/s1. The van der Waals surface area contributed by atoms with Crippen molar-refractivity contribution in [3.8, 4) is 0 Å². The molecule has 3 aromatic rings. The molecule has 116 valence electrons. The van der Waals surface area contributed by atoms with Crippen molar-refractivity contribution >= 4 is 33.3 Å². The van der Waals surface area contributed by atoms with Crippen LogP contribution in [0.15, 0.2) is 34.9 Å². The zero-order valence-corrected chi connectivity index (χ0v) is 13.0. The number of aryl methyl sites for hydroxylation is 1. The summed E-state index contributed by atoms with van der Waals surface area (Å²) in [5, 5.41) is 7.28. The molecule has 1 aliphatic rings. The maximum Gasteiger partial charge on any atom is 0.167 e. The predicted molar refractivity (Wildman–Crippen MR) is 87.5 cm³/mol. The van der Waals surface area contributed by atoms with Crippen LogP contribution in [0.4, 0.5) is 0 Å². The number of hydrogen-bond donors (Lipinski definition) is 0. The number of nitrogens with zero attached hydrogens (tertiary/aromatic N) is 1. The molecule has 0 radical (unpaired) electrons. The highest BCUT2D eigenvalue weighted by molar-refractivity contribution is 6.11. The van der Waals surface area contributed by atoms with E-state index in [1.807, 2.05) is 12.1 Å². The molecule has 4 rings (SSSR count). The number of Topliss-reactive ketones (excluding diaryl/α,β-unsaturated/α-hetero) is 2. The normalized spacial score (nSPS) is 18.9. The van der Waals surface area contributed by atoms with E-state index < -0.39 is 0 Å². The van der Waals surface area contributed by atoms with Crippen molar-refractivity contribution in [3.05, 3.63) is 41.6 Å². The fraction of sp³-hybridized carbons (Fsp3) is 0.316. The van der Waals surface area contributed by atoms with E-state index in [1.165, 1.54) is 5.56 Å². The summed E-state index contributed by atoms with van der Waals surface area (Å²) < 4.78 is 5.45. The maximum atomic E-state index is 12.3. The van der Waals surface area contributed by atoms with Crippen molar-refractivity contribution in [2.24, 2.45) is 0 Å². The Bertz CT molecular complexity index is 938. The van der Waals surface area contributed by atoms with Crippen LogP contribution in [0, 0.1) is 0 Å². The molecule has 0 saturated heterocycles. The summed E-state index contributed by atoms with van der Waals surface area (Å²) in [5.41, 5.74) is 2.66. The number of benzene rings is 2. The molecule has 0 aliphatic heterocycles. The first-order valence-electron chi connectivity index (χ1n) is 8.02. The van der Waals surface area contributed by atoms with Crippen LogP contribution in [0.1, 0.15) is 43.4 Å². The Morgan fingerprint density at radius 2 is 2.09 bits per heavy atom. The lowest BCUT2D eigenvalue weighted by atomic mass is 9.83. The fourth-order valence-electron chi connectivity index (χ4n) is 3.46. The summed E-state index contributed by atoms with van der Waals surface area (Å²) in [6.07, 6.45) is 1.97. The van der Waals surface area contributed by atoms with Crippen molar-refractivity contribution in [1.29, 1.82) is 0 Å². The highest BCUT2D eigenvalue weighted by Gasteiger charge is 2.32. The lowest BCUT2D eigenvalue weighted by molar-refractivity contribution is -0.130. The van der Waals surface area contributed by atoms with E-state index in [0.717, 1.165) is 22.6 Å². The third kappa shape index (κ3) is 2.25. The Kier molecular flexibility index (Phi) is 3.26. The molecule has 0 amide bonds. The Labute approximate surface area is 133 Å². The van der Waals surface area contributed by atoms with Gasteiger partial charge in [-0.15, -0.1) is 0 Å². The number of carbonyl (C=O) groups is 2. The van der Waals surface area contributed by atoms with Gasteiger partial charge in [0, 0.05) is 6.42 Å². The smallest absolute Gasteiger partial charge is 0.167 e. The van der Waals surface area contributed by atoms with E-state index in [0.29, 0.717) is 24.1 Å². The highest BCUT2D eigenvalue weighted by atomic mass is 16.5. The molecule has 1 fully saturated rings. The average molecular weight is 307 g/mol. The van der Waals surface area contributed by atoms with Crippen molar-refractivity contribution in [3.63, 3.8) is 0 Å². The van der Waals surface area contributed by atoms with Crippen molar-refractivity contribution in [2.45, 2.75) is 38.5 Å². The number of aromatic nitrogens is 1. The minimum atomic E-state index is -0.328. The minimum absolute atomic E-state index is 0.0176. The summed E-state index contributed by atoms with van der Waals surface area (Å²) in [4.78, 5) is 23.8. The Morgan fingerprint density at radius 3 is 2.87 bits per heavy atom. The summed E-state index contributed by atoms with van der Waals surface area (Å²) >= 11 is 0. The van der Waals surface area contributed by atoms with Crippen LogP contribution >= 0.6 is 0 Å². The van der Waals surface area contributed by atoms with Crippen LogP contribution in [0.3, 0.4) is 0 Å². The van der Waals surface area contributed by atoms with Gasteiger partial charge in [-0.3, -0.25) is 9.59 Å². The minimum Gasteiger partial charge on any atom is -0.356 e. The molecule has 0 N–H and O–H groups in total. The predicted octanol–water partition coefficient (Wildman–Crippen LogP) is 3.95. The van der Waals surface area contributed by atoms with E-state index in [4.69, 9.17) is 4.52 Å². The molecule has 1 atom stereocenters. The van der Waals surface area contributed by atoms with Crippen LogP contribution in [-0.4, -0.2) is 16.7 Å². The molecule has 1 saturated carbocycles. The average Bonchev–Trinajstić information content (AvgIpc) is 2.98. The summed E-state index contributed by atoms with van der Waals surface area (Å²) in [7, 11) is 0.